The minimum atomic E-state index is -0.374. The van der Waals surface area contributed by atoms with Crippen molar-refractivity contribution >= 4 is 5.91 Å². The Hall–Kier alpha value is -0.610. The Morgan fingerprint density at radius 2 is 1.71 bits per heavy atom. The van der Waals surface area contributed by atoms with Gasteiger partial charge in [0.2, 0.25) is 5.91 Å². The van der Waals surface area contributed by atoms with Crippen molar-refractivity contribution in [1.29, 1.82) is 0 Å². The average Bonchev–Trinajstić information content (AvgIpc) is 3.12. The number of carbonyl (C=O) groups is 1. The Kier molecular flexibility index (Phi) is 3.73. The van der Waals surface area contributed by atoms with Gasteiger partial charge in [0.15, 0.2) is 0 Å². The maximum Gasteiger partial charge on any atom is 0.228 e. The molecule has 4 nitrogen and oxygen atoms in total. The van der Waals surface area contributed by atoms with Crippen molar-refractivity contribution in [2.24, 2.45) is 11.1 Å². The van der Waals surface area contributed by atoms with Crippen molar-refractivity contribution in [3.8, 4) is 0 Å². The number of aliphatic hydroxyl groups excluding tert-OH is 1. The zero-order valence-corrected chi connectivity index (χ0v) is 10.5. The number of nitrogens with two attached hydrogens (primary N) is 1. The van der Waals surface area contributed by atoms with E-state index in [0.717, 1.165) is 38.5 Å². The summed E-state index contributed by atoms with van der Waals surface area (Å²) in [5.41, 5.74) is 5.18. The van der Waals surface area contributed by atoms with Gasteiger partial charge in [0.1, 0.15) is 0 Å². The number of amides is 1. The van der Waals surface area contributed by atoms with Gasteiger partial charge in [-0.25, -0.2) is 0 Å². The molecular formula is C13H24N2O2. The SMILES string of the molecule is NCC1(C(=O)NC2(CO)CC2)CCCCCC1. The minimum Gasteiger partial charge on any atom is -0.394 e. The van der Waals surface area contributed by atoms with Gasteiger partial charge in [0, 0.05) is 6.54 Å². The molecule has 0 heterocycles. The van der Waals surface area contributed by atoms with Gasteiger partial charge in [-0.05, 0) is 25.7 Å². The van der Waals surface area contributed by atoms with E-state index in [4.69, 9.17) is 5.73 Å². The van der Waals surface area contributed by atoms with Crippen LogP contribution >= 0.6 is 0 Å². The fraction of sp³-hybridized carbons (Fsp3) is 0.923. The maximum absolute atomic E-state index is 12.4. The van der Waals surface area contributed by atoms with Crippen LogP contribution in [0.3, 0.4) is 0 Å². The highest BCUT2D eigenvalue weighted by Crippen LogP contribution is 2.39. The molecule has 1 amide bonds. The summed E-state index contributed by atoms with van der Waals surface area (Å²) in [5.74, 6) is 0.0773. The second-order valence-electron chi connectivity index (χ2n) is 5.79. The van der Waals surface area contributed by atoms with Gasteiger partial charge in [-0.3, -0.25) is 4.79 Å². The van der Waals surface area contributed by atoms with Gasteiger partial charge in [-0.1, -0.05) is 25.7 Å². The molecule has 0 unspecified atom stereocenters. The molecule has 98 valence electrons. The van der Waals surface area contributed by atoms with Gasteiger partial charge < -0.3 is 16.2 Å². The molecule has 0 saturated heterocycles. The third kappa shape index (κ3) is 2.63. The molecule has 2 aliphatic carbocycles. The van der Waals surface area contributed by atoms with Crippen LogP contribution in [0.4, 0.5) is 0 Å². The lowest BCUT2D eigenvalue weighted by molar-refractivity contribution is -0.132. The Labute approximate surface area is 103 Å². The highest BCUT2D eigenvalue weighted by molar-refractivity contribution is 5.84. The number of carbonyl (C=O) groups excluding carboxylic acids is 1. The van der Waals surface area contributed by atoms with Crippen LogP contribution in [0.2, 0.25) is 0 Å². The molecule has 2 aliphatic rings. The zero-order chi connectivity index (χ0) is 12.4. The minimum absolute atomic E-state index is 0.0550. The molecule has 0 atom stereocenters. The first kappa shape index (κ1) is 12.8. The molecule has 2 rings (SSSR count). The van der Waals surface area contributed by atoms with E-state index in [1.807, 2.05) is 0 Å². The van der Waals surface area contributed by atoms with Crippen molar-refractivity contribution in [3.63, 3.8) is 0 Å². The van der Waals surface area contributed by atoms with Gasteiger partial charge in [0.25, 0.3) is 0 Å². The van der Waals surface area contributed by atoms with Crippen LogP contribution in [0.1, 0.15) is 51.4 Å². The van der Waals surface area contributed by atoms with E-state index in [0.29, 0.717) is 6.54 Å². The van der Waals surface area contributed by atoms with Crippen LogP contribution in [-0.2, 0) is 4.79 Å². The molecule has 0 aromatic carbocycles. The molecule has 2 fully saturated rings. The van der Waals surface area contributed by atoms with Crippen molar-refractivity contribution in [1.82, 2.24) is 5.32 Å². The molecule has 2 saturated carbocycles. The number of rotatable bonds is 4. The van der Waals surface area contributed by atoms with E-state index >= 15 is 0 Å². The van der Waals surface area contributed by atoms with Crippen LogP contribution in [0, 0.1) is 5.41 Å². The summed E-state index contributed by atoms with van der Waals surface area (Å²) in [6.45, 7) is 0.486. The van der Waals surface area contributed by atoms with Crippen molar-refractivity contribution in [3.05, 3.63) is 0 Å². The van der Waals surface area contributed by atoms with Crippen LogP contribution < -0.4 is 11.1 Å². The van der Waals surface area contributed by atoms with Gasteiger partial charge >= 0.3 is 0 Å². The Bertz CT molecular complexity index is 279. The summed E-state index contributed by atoms with van der Waals surface area (Å²) in [7, 11) is 0. The predicted molar refractivity (Wildman–Crippen MR) is 66.4 cm³/mol. The molecule has 0 radical (unpaired) electrons. The molecule has 0 aromatic rings. The summed E-state index contributed by atoms with van der Waals surface area (Å²) in [6.07, 6.45) is 8.20. The number of hydrogen-bond donors (Lipinski definition) is 3. The molecule has 17 heavy (non-hydrogen) atoms. The van der Waals surface area contributed by atoms with Gasteiger partial charge in [-0.2, -0.15) is 0 Å². The first-order chi connectivity index (χ1) is 8.16. The van der Waals surface area contributed by atoms with E-state index in [2.05, 4.69) is 5.32 Å². The smallest absolute Gasteiger partial charge is 0.228 e. The largest absolute Gasteiger partial charge is 0.394 e. The number of aliphatic hydroxyl groups is 1. The monoisotopic (exact) mass is 240 g/mol. The summed E-state index contributed by atoms with van der Waals surface area (Å²) in [6, 6.07) is 0. The molecule has 0 aliphatic heterocycles. The van der Waals surface area contributed by atoms with E-state index in [1.54, 1.807) is 0 Å². The lowest BCUT2D eigenvalue weighted by Gasteiger charge is -2.31. The second kappa shape index (κ2) is 4.94. The standard InChI is InChI=1S/C13H24N2O2/c14-9-12(5-3-1-2-4-6-12)11(17)15-13(10-16)7-8-13/h16H,1-10,14H2,(H,15,17). The van der Waals surface area contributed by atoms with Crippen LogP contribution in [0.5, 0.6) is 0 Å². The van der Waals surface area contributed by atoms with E-state index in [1.165, 1.54) is 12.8 Å². The highest BCUT2D eigenvalue weighted by Gasteiger charge is 2.47. The Balaban J connectivity index is 2.02. The molecule has 0 spiro atoms. The van der Waals surface area contributed by atoms with Crippen LogP contribution in [-0.4, -0.2) is 29.7 Å². The summed E-state index contributed by atoms with van der Waals surface area (Å²) >= 11 is 0. The highest BCUT2D eigenvalue weighted by atomic mass is 16.3. The third-order valence-corrected chi connectivity index (χ3v) is 4.47. The van der Waals surface area contributed by atoms with E-state index in [9.17, 15) is 9.90 Å². The first-order valence-corrected chi connectivity index (χ1v) is 6.80. The van der Waals surface area contributed by atoms with Crippen molar-refractivity contribution < 1.29 is 9.90 Å². The summed E-state index contributed by atoms with van der Waals surface area (Å²) in [4.78, 5) is 12.4. The summed E-state index contributed by atoms with van der Waals surface area (Å²) in [5, 5.41) is 12.3. The first-order valence-electron chi connectivity index (χ1n) is 6.80. The normalized spacial score (nSPS) is 26.0. The Morgan fingerprint density at radius 1 is 1.12 bits per heavy atom. The molecule has 4 heteroatoms. The molecule has 0 aromatic heterocycles. The van der Waals surface area contributed by atoms with Crippen LogP contribution in [0.25, 0.3) is 0 Å². The number of hydrogen-bond acceptors (Lipinski definition) is 3. The fourth-order valence-electron chi connectivity index (χ4n) is 2.78. The zero-order valence-electron chi connectivity index (χ0n) is 10.5. The van der Waals surface area contributed by atoms with E-state index < -0.39 is 0 Å². The lowest BCUT2D eigenvalue weighted by atomic mass is 9.79. The maximum atomic E-state index is 12.4. The lowest BCUT2D eigenvalue weighted by Crippen LogP contribution is -2.51. The second-order valence-corrected chi connectivity index (χ2v) is 5.79. The molecule has 4 N–H and O–H groups in total. The average molecular weight is 240 g/mol. The third-order valence-electron chi connectivity index (χ3n) is 4.47. The fourth-order valence-corrected chi connectivity index (χ4v) is 2.78. The van der Waals surface area contributed by atoms with Crippen molar-refractivity contribution in [2.75, 3.05) is 13.2 Å². The molecular weight excluding hydrogens is 216 g/mol. The Morgan fingerprint density at radius 3 is 2.12 bits per heavy atom. The van der Waals surface area contributed by atoms with Gasteiger partial charge in [-0.15, -0.1) is 0 Å². The summed E-state index contributed by atoms with van der Waals surface area (Å²) < 4.78 is 0. The quantitative estimate of drug-likeness (QED) is 0.640. The van der Waals surface area contributed by atoms with E-state index in [-0.39, 0.29) is 23.5 Å². The topological polar surface area (TPSA) is 75.4 Å². The molecule has 0 bridgehead atoms. The van der Waals surface area contributed by atoms with Crippen LogP contribution in [0.15, 0.2) is 0 Å². The number of nitrogens with one attached hydrogen (secondary N) is 1. The van der Waals surface area contributed by atoms with Gasteiger partial charge in [0.05, 0.1) is 17.6 Å². The van der Waals surface area contributed by atoms with Crippen molar-refractivity contribution in [2.45, 2.75) is 56.9 Å². The predicted octanol–water partition coefficient (Wildman–Crippen LogP) is 0.927.